The Morgan fingerprint density at radius 1 is 1.00 bits per heavy atom. The molecule has 1 nitrogen and oxygen atoms in total. The van der Waals surface area contributed by atoms with E-state index in [2.05, 4.69) is 24.3 Å². The number of benzene rings is 1. The summed E-state index contributed by atoms with van der Waals surface area (Å²) in [5, 5.41) is 0. The number of allylic oxidation sites excluding steroid dienone is 5. The monoisotopic (exact) mass is 194 g/mol. The summed E-state index contributed by atoms with van der Waals surface area (Å²) in [6.45, 7) is 0. The molecule has 0 radical (unpaired) electrons. The zero-order valence-corrected chi connectivity index (χ0v) is 8.18. The Balaban J connectivity index is 2.22. The van der Waals surface area contributed by atoms with Gasteiger partial charge in [0, 0.05) is 5.92 Å². The van der Waals surface area contributed by atoms with Crippen molar-refractivity contribution in [2.45, 2.75) is 0 Å². The maximum absolute atomic E-state index is 11.3. The molecule has 0 heterocycles. The molecule has 0 bridgehead atoms. The van der Waals surface area contributed by atoms with E-state index in [0.717, 1.165) is 5.57 Å². The van der Waals surface area contributed by atoms with Gasteiger partial charge in [-0.25, -0.2) is 0 Å². The summed E-state index contributed by atoms with van der Waals surface area (Å²) in [5.41, 5.74) is 3.51. The number of fused-ring (bicyclic) bond motifs is 3. The van der Waals surface area contributed by atoms with Gasteiger partial charge in [0.1, 0.15) is 0 Å². The molecule has 0 amide bonds. The third-order valence-electron chi connectivity index (χ3n) is 2.88. The van der Waals surface area contributed by atoms with E-state index in [-0.39, 0.29) is 11.7 Å². The lowest BCUT2D eigenvalue weighted by Gasteiger charge is -2.22. The molecular weight excluding hydrogens is 184 g/mol. The van der Waals surface area contributed by atoms with Crippen LogP contribution in [0.15, 0.2) is 48.6 Å². The van der Waals surface area contributed by atoms with E-state index >= 15 is 0 Å². The minimum absolute atomic E-state index is 0.0892. The van der Waals surface area contributed by atoms with Crippen molar-refractivity contribution in [3.63, 3.8) is 0 Å². The second-order valence-electron chi connectivity index (χ2n) is 3.83. The summed E-state index contributed by atoms with van der Waals surface area (Å²) in [6, 6.07) is 8.18. The first-order valence-corrected chi connectivity index (χ1v) is 5.06. The largest absolute Gasteiger partial charge is 0.290 e. The number of hydrogen-bond donors (Lipinski definition) is 0. The fourth-order valence-corrected chi connectivity index (χ4v) is 2.14. The molecule has 3 rings (SSSR count). The molecular formula is C14H10O. The second-order valence-corrected chi connectivity index (χ2v) is 3.83. The van der Waals surface area contributed by atoms with Gasteiger partial charge in [-0.05, 0) is 28.9 Å². The molecule has 1 heteroatoms. The van der Waals surface area contributed by atoms with Crippen molar-refractivity contribution in [2.24, 2.45) is 5.92 Å². The Labute approximate surface area is 88.4 Å². The fourth-order valence-electron chi connectivity index (χ4n) is 2.14. The second kappa shape index (κ2) is 3.06. The minimum atomic E-state index is 0.0892. The van der Waals surface area contributed by atoms with Gasteiger partial charge in [0.05, 0.1) is 0 Å². The summed E-state index contributed by atoms with van der Waals surface area (Å²) < 4.78 is 0. The standard InChI is InChI=1S/C14H10O/c15-12-8-7-11-6-5-10-3-1-2-4-13(10)14(11)9-12/h1-9,11H. The smallest absolute Gasteiger partial charge is 0.178 e. The van der Waals surface area contributed by atoms with Gasteiger partial charge in [-0.15, -0.1) is 0 Å². The number of carbonyl (C=O) groups excluding carboxylic acids is 1. The normalized spacial score (nSPS) is 22.0. The molecule has 0 aliphatic heterocycles. The third-order valence-corrected chi connectivity index (χ3v) is 2.88. The molecule has 1 aromatic rings. The van der Waals surface area contributed by atoms with Crippen molar-refractivity contribution in [1.82, 2.24) is 0 Å². The van der Waals surface area contributed by atoms with Gasteiger partial charge >= 0.3 is 0 Å². The lowest BCUT2D eigenvalue weighted by molar-refractivity contribution is -0.110. The van der Waals surface area contributed by atoms with E-state index in [1.165, 1.54) is 11.1 Å². The average molecular weight is 194 g/mol. The molecule has 1 unspecified atom stereocenters. The van der Waals surface area contributed by atoms with Gasteiger partial charge in [0.2, 0.25) is 0 Å². The summed E-state index contributed by atoms with van der Waals surface area (Å²) in [4.78, 5) is 11.3. The Morgan fingerprint density at radius 2 is 1.80 bits per heavy atom. The van der Waals surface area contributed by atoms with Crippen molar-refractivity contribution in [3.8, 4) is 0 Å². The lowest BCUT2D eigenvalue weighted by atomic mass is 9.81. The fraction of sp³-hybridized carbons (Fsp3) is 0.0714. The van der Waals surface area contributed by atoms with Crippen LogP contribution in [-0.2, 0) is 4.79 Å². The molecule has 15 heavy (non-hydrogen) atoms. The van der Waals surface area contributed by atoms with Crippen LogP contribution >= 0.6 is 0 Å². The summed E-state index contributed by atoms with van der Waals surface area (Å²) >= 11 is 0. The quantitative estimate of drug-likeness (QED) is 0.620. The van der Waals surface area contributed by atoms with Crippen molar-refractivity contribution in [2.75, 3.05) is 0 Å². The van der Waals surface area contributed by atoms with E-state index in [1.54, 1.807) is 12.2 Å². The predicted octanol–water partition coefficient (Wildman–Crippen LogP) is 2.85. The van der Waals surface area contributed by atoms with Gasteiger partial charge in [-0.3, -0.25) is 4.79 Å². The van der Waals surface area contributed by atoms with Crippen LogP contribution in [0.25, 0.3) is 11.6 Å². The maximum atomic E-state index is 11.3. The number of rotatable bonds is 0. The molecule has 1 aromatic carbocycles. The van der Waals surface area contributed by atoms with Gasteiger partial charge in [0.15, 0.2) is 5.78 Å². The topological polar surface area (TPSA) is 17.1 Å². The van der Waals surface area contributed by atoms with Crippen molar-refractivity contribution >= 4 is 17.4 Å². The number of hydrogen-bond acceptors (Lipinski definition) is 1. The first-order valence-electron chi connectivity index (χ1n) is 5.06. The molecule has 0 N–H and O–H groups in total. The average Bonchev–Trinajstić information content (AvgIpc) is 2.29. The molecule has 1 atom stereocenters. The molecule has 0 saturated heterocycles. The highest BCUT2D eigenvalue weighted by molar-refractivity contribution is 6.08. The van der Waals surface area contributed by atoms with E-state index in [1.807, 2.05) is 18.2 Å². The molecule has 0 fully saturated rings. The summed E-state index contributed by atoms with van der Waals surface area (Å²) in [6.07, 6.45) is 9.61. The van der Waals surface area contributed by atoms with E-state index in [0.29, 0.717) is 0 Å². The van der Waals surface area contributed by atoms with E-state index in [9.17, 15) is 4.79 Å². The number of carbonyl (C=O) groups is 1. The van der Waals surface area contributed by atoms with Crippen molar-refractivity contribution < 1.29 is 4.79 Å². The SMILES string of the molecule is O=C1C=CC2C=Cc3ccccc3C2=C1. The van der Waals surface area contributed by atoms with Crippen molar-refractivity contribution in [1.29, 1.82) is 0 Å². The van der Waals surface area contributed by atoms with Gasteiger partial charge in [-0.2, -0.15) is 0 Å². The Morgan fingerprint density at radius 3 is 2.73 bits per heavy atom. The summed E-state index contributed by atoms with van der Waals surface area (Å²) in [7, 11) is 0. The highest BCUT2D eigenvalue weighted by atomic mass is 16.1. The highest BCUT2D eigenvalue weighted by Crippen LogP contribution is 2.35. The van der Waals surface area contributed by atoms with Crippen LogP contribution < -0.4 is 0 Å². The van der Waals surface area contributed by atoms with Crippen LogP contribution in [0.4, 0.5) is 0 Å². The van der Waals surface area contributed by atoms with Gasteiger partial charge in [0.25, 0.3) is 0 Å². The Kier molecular flexibility index (Phi) is 1.72. The van der Waals surface area contributed by atoms with Gasteiger partial charge < -0.3 is 0 Å². The Hall–Kier alpha value is -1.89. The predicted molar refractivity (Wildman–Crippen MR) is 61.1 cm³/mol. The third kappa shape index (κ3) is 1.28. The van der Waals surface area contributed by atoms with Gasteiger partial charge in [-0.1, -0.05) is 42.5 Å². The molecule has 2 aliphatic carbocycles. The molecule has 2 aliphatic rings. The van der Waals surface area contributed by atoms with E-state index in [4.69, 9.17) is 0 Å². The minimum Gasteiger partial charge on any atom is -0.290 e. The van der Waals surface area contributed by atoms with Crippen LogP contribution in [0.1, 0.15) is 11.1 Å². The first kappa shape index (κ1) is 8.42. The zero-order valence-electron chi connectivity index (χ0n) is 8.18. The van der Waals surface area contributed by atoms with E-state index < -0.39 is 0 Å². The zero-order chi connectivity index (χ0) is 10.3. The molecule has 0 spiro atoms. The first-order chi connectivity index (χ1) is 7.34. The summed E-state index contributed by atoms with van der Waals surface area (Å²) in [5.74, 6) is 0.365. The van der Waals surface area contributed by atoms with Crippen LogP contribution in [-0.4, -0.2) is 5.78 Å². The van der Waals surface area contributed by atoms with Crippen LogP contribution in [0.5, 0.6) is 0 Å². The molecule has 0 saturated carbocycles. The lowest BCUT2D eigenvalue weighted by Crippen LogP contribution is -2.09. The molecule has 72 valence electrons. The van der Waals surface area contributed by atoms with Crippen LogP contribution in [0.3, 0.4) is 0 Å². The highest BCUT2D eigenvalue weighted by Gasteiger charge is 2.20. The molecule has 0 aromatic heterocycles. The van der Waals surface area contributed by atoms with Crippen LogP contribution in [0.2, 0.25) is 0 Å². The maximum Gasteiger partial charge on any atom is 0.178 e. The number of ketones is 1. The van der Waals surface area contributed by atoms with Crippen molar-refractivity contribution in [3.05, 3.63) is 59.7 Å². The van der Waals surface area contributed by atoms with Crippen LogP contribution in [0, 0.1) is 5.92 Å². The Bertz CT molecular complexity index is 518.